The van der Waals surface area contributed by atoms with Gasteiger partial charge in [-0.3, -0.25) is 4.79 Å². The van der Waals surface area contributed by atoms with Crippen LogP contribution in [0.25, 0.3) is 0 Å². The minimum atomic E-state index is 0.114. The highest BCUT2D eigenvalue weighted by molar-refractivity contribution is 5.82. The van der Waals surface area contributed by atoms with Crippen molar-refractivity contribution in [2.75, 3.05) is 26.2 Å². The van der Waals surface area contributed by atoms with Crippen molar-refractivity contribution in [3.63, 3.8) is 0 Å². The molecule has 1 aliphatic carbocycles. The summed E-state index contributed by atoms with van der Waals surface area (Å²) in [4.78, 5) is 12.3. The van der Waals surface area contributed by atoms with Crippen LogP contribution in [0.5, 0.6) is 5.75 Å². The molecule has 4 heteroatoms. The Balaban J connectivity index is 1.41. The molecule has 1 amide bonds. The first kappa shape index (κ1) is 17.3. The van der Waals surface area contributed by atoms with Gasteiger partial charge in [-0.25, -0.2) is 0 Å². The van der Waals surface area contributed by atoms with E-state index in [0.29, 0.717) is 18.6 Å². The summed E-state index contributed by atoms with van der Waals surface area (Å²) < 4.78 is 5.80. The summed E-state index contributed by atoms with van der Waals surface area (Å²) >= 11 is 0. The lowest BCUT2D eigenvalue weighted by atomic mass is 9.87. The number of piperidine rings is 1. The van der Waals surface area contributed by atoms with E-state index in [-0.39, 0.29) is 17.2 Å². The fourth-order valence-corrected chi connectivity index (χ4v) is 3.71. The minimum Gasteiger partial charge on any atom is -0.492 e. The molecule has 2 N–H and O–H groups in total. The van der Waals surface area contributed by atoms with Crippen LogP contribution < -0.4 is 15.4 Å². The molecule has 3 rings (SSSR count). The predicted molar refractivity (Wildman–Crippen MR) is 96.3 cm³/mol. The molecular formula is C20H30N2O2. The maximum atomic E-state index is 12.3. The van der Waals surface area contributed by atoms with Crippen LogP contribution in [0.1, 0.15) is 45.6 Å². The lowest BCUT2D eigenvalue weighted by Gasteiger charge is -2.23. The summed E-state index contributed by atoms with van der Waals surface area (Å²) in [6.07, 6.45) is 3.34. The van der Waals surface area contributed by atoms with E-state index in [1.807, 2.05) is 12.1 Å². The summed E-state index contributed by atoms with van der Waals surface area (Å²) in [7, 11) is 0. The number of nitrogens with one attached hydrogen (secondary N) is 2. The number of rotatable bonds is 5. The number of hydrogen-bond acceptors (Lipinski definition) is 3. The van der Waals surface area contributed by atoms with Crippen LogP contribution in [0.2, 0.25) is 0 Å². The maximum absolute atomic E-state index is 12.3. The van der Waals surface area contributed by atoms with Crippen LogP contribution in [0.3, 0.4) is 0 Å². The Morgan fingerprint density at radius 1 is 1.33 bits per heavy atom. The van der Waals surface area contributed by atoms with Gasteiger partial charge in [0, 0.05) is 5.92 Å². The predicted octanol–water partition coefficient (Wildman–Crippen LogP) is 2.87. The van der Waals surface area contributed by atoms with Gasteiger partial charge in [0.25, 0.3) is 0 Å². The van der Waals surface area contributed by atoms with Crippen molar-refractivity contribution in [2.24, 2.45) is 11.3 Å². The maximum Gasteiger partial charge on any atom is 0.223 e. The molecule has 4 nitrogen and oxygen atoms in total. The number of hydrogen-bond donors (Lipinski definition) is 2. The van der Waals surface area contributed by atoms with E-state index < -0.39 is 0 Å². The first-order valence-electron chi connectivity index (χ1n) is 9.13. The number of benzene rings is 1. The number of carbonyl (C=O) groups is 1. The highest BCUT2D eigenvalue weighted by Crippen LogP contribution is 2.58. The molecule has 1 spiro atoms. The third-order valence-corrected chi connectivity index (χ3v) is 5.48. The fraction of sp³-hybridized carbons (Fsp3) is 0.650. The first-order valence-corrected chi connectivity index (χ1v) is 9.13. The summed E-state index contributed by atoms with van der Waals surface area (Å²) in [6.45, 7) is 9.77. The summed E-state index contributed by atoms with van der Waals surface area (Å²) in [5.41, 5.74) is 1.68. The van der Waals surface area contributed by atoms with E-state index in [0.717, 1.165) is 38.1 Å². The zero-order valence-electron chi connectivity index (χ0n) is 15.2. The third-order valence-electron chi connectivity index (χ3n) is 5.48. The molecule has 132 valence electrons. The second-order valence-corrected chi connectivity index (χ2v) is 8.29. The Labute approximate surface area is 145 Å². The zero-order chi connectivity index (χ0) is 17.2. The fourth-order valence-electron chi connectivity index (χ4n) is 3.71. The van der Waals surface area contributed by atoms with Crippen LogP contribution in [0.4, 0.5) is 0 Å². The van der Waals surface area contributed by atoms with Gasteiger partial charge >= 0.3 is 0 Å². The van der Waals surface area contributed by atoms with Crippen molar-refractivity contribution < 1.29 is 9.53 Å². The van der Waals surface area contributed by atoms with E-state index in [1.165, 1.54) is 5.56 Å². The Morgan fingerprint density at radius 2 is 2.08 bits per heavy atom. The molecule has 2 fully saturated rings. The molecule has 1 aliphatic heterocycles. The van der Waals surface area contributed by atoms with Gasteiger partial charge in [0.05, 0.1) is 6.54 Å². The highest BCUT2D eigenvalue weighted by atomic mass is 16.5. The average molecular weight is 330 g/mol. The van der Waals surface area contributed by atoms with Gasteiger partial charge < -0.3 is 15.4 Å². The molecule has 0 radical (unpaired) electrons. The second kappa shape index (κ2) is 6.75. The summed E-state index contributed by atoms with van der Waals surface area (Å²) in [6, 6.07) is 8.22. The molecule has 1 unspecified atom stereocenters. The summed E-state index contributed by atoms with van der Waals surface area (Å²) in [5.74, 6) is 1.31. The monoisotopic (exact) mass is 330 g/mol. The number of amides is 1. The Morgan fingerprint density at radius 3 is 2.79 bits per heavy atom. The third kappa shape index (κ3) is 3.92. The Kier molecular flexibility index (Phi) is 4.86. The van der Waals surface area contributed by atoms with E-state index in [2.05, 4.69) is 43.5 Å². The molecule has 1 atom stereocenters. The highest BCUT2D eigenvalue weighted by Gasteiger charge is 2.57. The SMILES string of the molecule is CC(C)(C)c1cccc(OCCNC(=O)C2CC23CCNCC3)c1. The minimum absolute atomic E-state index is 0.114. The van der Waals surface area contributed by atoms with Gasteiger partial charge in [0.15, 0.2) is 0 Å². The van der Waals surface area contributed by atoms with Gasteiger partial charge in [-0.2, -0.15) is 0 Å². The largest absolute Gasteiger partial charge is 0.492 e. The van der Waals surface area contributed by atoms with Crippen LogP contribution in [-0.4, -0.2) is 32.1 Å². The normalized spacial score (nSPS) is 22.2. The molecule has 24 heavy (non-hydrogen) atoms. The van der Waals surface area contributed by atoms with Crippen molar-refractivity contribution in [3.8, 4) is 5.75 Å². The van der Waals surface area contributed by atoms with Crippen molar-refractivity contribution >= 4 is 5.91 Å². The van der Waals surface area contributed by atoms with Crippen LogP contribution in [0, 0.1) is 11.3 Å². The Hall–Kier alpha value is -1.55. The standard InChI is InChI=1S/C20H30N2O2/c1-19(2,3)15-5-4-6-16(13-15)24-12-11-22-18(23)17-14-20(17)7-9-21-10-8-20/h4-6,13,17,21H,7-12,14H2,1-3H3,(H,22,23). The van der Waals surface area contributed by atoms with Gasteiger partial charge in [0.1, 0.15) is 12.4 Å². The molecule has 1 saturated heterocycles. The number of ether oxygens (including phenoxy) is 1. The lowest BCUT2D eigenvalue weighted by molar-refractivity contribution is -0.123. The van der Waals surface area contributed by atoms with Crippen LogP contribution in [0.15, 0.2) is 24.3 Å². The van der Waals surface area contributed by atoms with Crippen molar-refractivity contribution in [3.05, 3.63) is 29.8 Å². The quantitative estimate of drug-likeness (QED) is 0.816. The van der Waals surface area contributed by atoms with E-state index in [9.17, 15) is 4.79 Å². The van der Waals surface area contributed by atoms with E-state index >= 15 is 0 Å². The van der Waals surface area contributed by atoms with Gasteiger partial charge in [0.2, 0.25) is 5.91 Å². The van der Waals surface area contributed by atoms with Gasteiger partial charge in [-0.1, -0.05) is 32.9 Å². The molecule has 1 aromatic carbocycles. The van der Waals surface area contributed by atoms with Gasteiger partial charge in [-0.15, -0.1) is 0 Å². The van der Waals surface area contributed by atoms with Crippen LogP contribution >= 0.6 is 0 Å². The first-order chi connectivity index (χ1) is 11.4. The van der Waals surface area contributed by atoms with E-state index in [1.54, 1.807) is 0 Å². The molecule has 2 aliphatic rings. The summed E-state index contributed by atoms with van der Waals surface area (Å²) in [5, 5.41) is 6.42. The molecule has 1 aromatic rings. The molecular weight excluding hydrogens is 300 g/mol. The molecule has 0 aromatic heterocycles. The van der Waals surface area contributed by atoms with Crippen LogP contribution in [-0.2, 0) is 10.2 Å². The van der Waals surface area contributed by atoms with Crippen molar-refractivity contribution in [1.29, 1.82) is 0 Å². The smallest absolute Gasteiger partial charge is 0.223 e. The molecule has 1 heterocycles. The zero-order valence-corrected chi connectivity index (χ0v) is 15.2. The molecule has 1 saturated carbocycles. The van der Waals surface area contributed by atoms with E-state index in [4.69, 9.17) is 4.74 Å². The molecule has 0 bridgehead atoms. The number of carbonyl (C=O) groups excluding carboxylic acids is 1. The second-order valence-electron chi connectivity index (χ2n) is 8.29. The lowest BCUT2D eigenvalue weighted by Crippen LogP contribution is -2.35. The average Bonchev–Trinajstić information content (AvgIpc) is 3.25. The van der Waals surface area contributed by atoms with Gasteiger partial charge in [-0.05, 0) is 60.9 Å². The Bertz CT molecular complexity index is 586. The van der Waals surface area contributed by atoms with Crippen molar-refractivity contribution in [2.45, 2.75) is 45.4 Å². The van der Waals surface area contributed by atoms with Crippen molar-refractivity contribution in [1.82, 2.24) is 10.6 Å². The topological polar surface area (TPSA) is 50.4 Å².